The van der Waals surface area contributed by atoms with Crippen LogP contribution in [0.2, 0.25) is 5.02 Å². The standard InChI is InChI=1S/C25H26ClF3N4O2/c1-24(2,3)22-32-19(14-7-9-17(26)10-8-14)20(15-5-4-6-16(13-15)25(27,28)29)33(22)21(34)18-11-12-30-23(35)31-18/h4-10,13,18-20H,11-12H2,1-3H3,(H2,30,31,35). The number of aliphatic imine (C=N–C) groups is 1. The molecule has 2 aliphatic heterocycles. The Morgan fingerprint density at radius 2 is 1.77 bits per heavy atom. The number of amidine groups is 1. The first-order chi connectivity index (χ1) is 16.4. The quantitative estimate of drug-likeness (QED) is 0.577. The zero-order valence-corrected chi connectivity index (χ0v) is 20.2. The molecule has 2 aromatic carbocycles. The molecule has 3 amide bonds. The molecule has 0 saturated carbocycles. The molecular weight excluding hydrogens is 481 g/mol. The summed E-state index contributed by atoms with van der Waals surface area (Å²) in [5.41, 5.74) is -0.399. The van der Waals surface area contributed by atoms with Gasteiger partial charge in [0.1, 0.15) is 17.9 Å². The number of nitrogens with one attached hydrogen (secondary N) is 2. The van der Waals surface area contributed by atoms with Gasteiger partial charge in [-0.05, 0) is 41.8 Å². The fourth-order valence-corrected chi connectivity index (χ4v) is 4.57. The second kappa shape index (κ2) is 9.18. The van der Waals surface area contributed by atoms with Gasteiger partial charge in [-0.15, -0.1) is 0 Å². The molecule has 0 spiro atoms. The second-order valence-electron chi connectivity index (χ2n) is 9.72. The lowest BCUT2D eigenvalue weighted by atomic mass is 9.90. The summed E-state index contributed by atoms with van der Waals surface area (Å²) >= 11 is 6.07. The zero-order valence-electron chi connectivity index (χ0n) is 19.5. The van der Waals surface area contributed by atoms with E-state index in [2.05, 4.69) is 10.6 Å². The van der Waals surface area contributed by atoms with Crippen molar-refractivity contribution in [3.8, 4) is 0 Å². The smallest absolute Gasteiger partial charge is 0.338 e. The van der Waals surface area contributed by atoms with Crippen molar-refractivity contribution in [2.75, 3.05) is 6.54 Å². The predicted octanol–water partition coefficient (Wildman–Crippen LogP) is 5.50. The van der Waals surface area contributed by atoms with Crippen molar-refractivity contribution in [3.05, 3.63) is 70.2 Å². The third-order valence-corrected chi connectivity index (χ3v) is 6.32. The maximum absolute atomic E-state index is 13.9. The van der Waals surface area contributed by atoms with Crippen LogP contribution in [0.1, 0.15) is 56.0 Å². The topological polar surface area (TPSA) is 73.8 Å². The number of hydrogen-bond acceptors (Lipinski definition) is 3. The number of rotatable bonds is 3. The first-order valence-electron chi connectivity index (χ1n) is 11.2. The predicted molar refractivity (Wildman–Crippen MR) is 127 cm³/mol. The monoisotopic (exact) mass is 506 g/mol. The normalized spacial score (nSPS) is 22.9. The molecule has 6 nitrogen and oxygen atoms in total. The molecule has 1 fully saturated rings. The Morgan fingerprint density at radius 1 is 1.09 bits per heavy atom. The first-order valence-corrected chi connectivity index (χ1v) is 11.6. The van der Waals surface area contributed by atoms with Crippen LogP contribution < -0.4 is 10.6 Å². The van der Waals surface area contributed by atoms with Gasteiger partial charge in [0.2, 0.25) is 0 Å². The lowest BCUT2D eigenvalue weighted by Gasteiger charge is -2.37. The minimum Gasteiger partial charge on any atom is -0.338 e. The Labute approximate surface area is 206 Å². The van der Waals surface area contributed by atoms with Crippen LogP contribution in [0.4, 0.5) is 18.0 Å². The van der Waals surface area contributed by atoms with Crippen LogP contribution in [0.5, 0.6) is 0 Å². The highest BCUT2D eigenvalue weighted by Crippen LogP contribution is 2.47. The number of amides is 3. The number of carbonyl (C=O) groups is 2. The minimum atomic E-state index is -4.55. The maximum atomic E-state index is 13.9. The first kappa shape index (κ1) is 25.0. The van der Waals surface area contributed by atoms with E-state index in [1.807, 2.05) is 20.8 Å². The summed E-state index contributed by atoms with van der Waals surface area (Å²) in [6.45, 7) is 5.98. The number of halogens is 4. The summed E-state index contributed by atoms with van der Waals surface area (Å²) < 4.78 is 40.8. The Hall–Kier alpha value is -3.07. The van der Waals surface area contributed by atoms with Crippen LogP contribution in [-0.2, 0) is 11.0 Å². The summed E-state index contributed by atoms with van der Waals surface area (Å²) in [6, 6.07) is 9.08. The number of alkyl halides is 3. The summed E-state index contributed by atoms with van der Waals surface area (Å²) in [7, 11) is 0. The van der Waals surface area contributed by atoms with Gasteiger partial charge in [-0.2, -0.15) is 13.2 Å². The highest BCUT2D eigenvalue weighted by atomic mass is 35.5. The molecule has 2 aliphatic rings. The summed E-state index contributed by atoms with van der Waals surface area (Å²) in [4.78, 5) is 32.2. The fourth-order valence-electron chi connectivity index (χ4n) is 4.45. The number of benzene rings is 2. The van der Waals surface area contributed by atoms with Gasteiger partial charge in [0.15, 0.2) is 0 Å². The molecule has 2 heterocycles. The van der Waals surface area contributed by atoms with Crippen LogP contribution in [0, 0.1) is 5.41 Å². The van der Waals surface area contributed by atoms with E-state index in [1.165, 1.54) is 11.0 Å². The van der Waals surface area contributed by atoms with Crippen molar-refractivity contribution in [3.63, 3.8) is 0 Å². The highest BCUT2D eigenvalue weighted by molar-refractivity contribution is 6.30. The van der Waals surface area contributed by atoms with Gasteiger partial charge >= 0.3 is 12.2 Å². The average molecular weight is 507 g/mol. The van der Waals surface area contributed by atoms with E-state index in [0.717, 1.165) is 12.1 Å². The summed E-state index contributed by atoms with van der Waals surface area (Å²) in [6.07, 6.45) is -4.20. The third kappa shape index (κ3) is 5.15. The highest BCUT2D eigenvalue weighted by Gasteiger charge is 2.47. The Balaban J connectivity index is 1.87. The van der Waals surface area contributed by atoms with E-state index in [9.17, 15) is 22.8 Å². The van der Waals surface area contributed by atoms with Crippen molar-refractivity contribution in [1.29, 1.82) is 0 Å². The fraction of sp³-hybridized carbons (Fsp3) is 0.400. The molecule has 186 valence electrons. The zero-order chi connectivity index (χ0) is 25.5. The van der Waals surface area contributed by atoms with Crippen molar-refractivity contribution >= 4 is 29.4 Å². The molecular formula is C25H26ClF3N4O2. The second-order valence-corrected chi connectivity index (χ2v) is 10.2. The molecule has 0 aliphatic carbocycles. The van der Waals surface area contributed by atoms with Gasteiger partial charge in [-0.25, -0.2) is 4.79 Å². The lowest BCUT2D eigenvalue weighted by molar-refractivity contribution is -0.137. The Kier molecular flexibility index (Phi) is 6.57. The summed E-state index contributed by atoms with van der Waals surface area (Å²) in [5.74, 6) is 0.0324. The lowest BCUT2D eigenvalue weighted by Crippen LogP contribution is -2.58. The summed E-state index contributed by atoms with van der Waals surface area (Å²) in [5, 5.41) is 5.77. The van der Waals surface area contributed by atoms with E-state index in [0.29, 0.717) is 35.0 Å². The molecule has 10 heteroatoms. The van der Waals surface area contributed by atoms with E-state index < -0.39 is 47.2 Å². The van der Waals surface area contributed by atoms with Gasteiger partial charge in [-0.1, -0.05) is 56.6 Å². The van der Waals surface area contributed by atoms with E-state index in [1.54, 1.807) is 30.3 Å². The molecule has 0 aromatic heterocycles. The Morgan fingerprint density at radius 3 is 2.37 bits per heavy atom. The molecule has 0 bridgehead atoms. The van der Waals surface area contributed by atoms with Crippen LogP contribution >= 0.6 is 11.6 Å². The molecule has 0 radical (unpaired) electrons. The molecule has 2 N–H and O–H groups in total. The van der Waals surface area contributed by atoms with Crippen LogP contribution in [0.25, 0.3) is 0 Å². The van der Waals surface area contributed by atoms with Gasteiger partial charge in [-0.3, -0.25) is 14.7 Å². The van der Waals surface area contributed by atoms with E-state index >= 15 is 0 Å². The maximum Gasteiger partial charge on any atom is 0.416 e. The van der Waals surface area contributed by atoms with Crippen LogP contribution in [0.3, 0.4) is 0 Å². The molecule has 3 atom stereocenters. The van der Waals surface area contributed by atoms with Crippen molar-refractivity contribution in [1.82, 2.24) is 15.5 Å². The number of hydrogen-bond donors (Lipinski definition) is 2. The van der Waals surface area contributed by atoms with Crippen LogP contribution in [-0.4, -0.2) is 35.3 Å². The van der Waals surface area contributed by atoms with Gasteiger partial charge in [0.25, 0.3) is 5.91 Å². The van der Waals surface area contributed by atoms with E-state index in [4.69, 9.17) is 16.6 Å². The van der Waals surface area contributed by atoms with Crippen LogP contribution in [0.15, 0.2) is 53.5 Å². The van der Waals surface area contributed by atoms with E-state index in [-0.39, 0.29) is 0 Å². The molecule has 35 heavy (non-hydrogen) atoms. The van der Waals surface area contributed by atoms with Gasteiger partial charge in [0, 0.05) is 17.0 Å². The number of urea groups is 1. The molecule has 4 rings (SSSR count). The van der Waals surface area contributed by atoms with Crippen molar-refractivity contribution < 1.29 is 22.8 Å². The molecule has 1 saturated heterocycles. The number of carbonyl (C=O) groups excluding carboxylic acids is 2. The SMILES string of the molecule is CC(C)(C)C1=NC(c2ccc(Cl)cc2)C(c2cccc(C(F)(F)F)c2)N1C(=O)C1CCNC(=O)N1. The van der Waals surface area contributed by atoms with Gasteiger partial charge in [0.05, 0.1) is 11.6 Å². The van der Waals surface area contributed by atoms with Gasteiger partial charge < -0.3 is 10.6 Å². The molecule has 2 aromatic rings. The molecule has 3 unspecified atom stereocenters. The largest absolute Gasteiger partial charge is 0.416 e. The minimum absolute atomic E-state index is 0.302. The Bertz CT molecular complexity index is 1160. The number of nitrogens with zero attached hydrogens (tertiary/aromatic N) is 2. The third-order valence-electron chi connectivity index (χ3n) is 6.06. The average Bonchev–Trinajstić information content (AvgIpc) is 3.20. The van der Waals surface area contributed by atoms with Crippen molar-refractivity contribution in [2.24, 2.45) is 10.4 Å². The van der Waals surface area contributed by atoms with Crippen molar-refractivity contribution in [2.45, 2.75) is 51.5 Å².